The Hall–Kier alpha value is -2.90. The summed E-state index contributed by atoms with van der Waals surface area (Å²) in [4.78, 5) is 30.3. The lowest BCUT2D eigenvalue weighted by atomic mass is 9.96. The van der Waals surface area contributed by atoms with Crippen molar-refractivity contribution >= 4 is 11.8 Å². The Morgan fingerprint density at radius 3 is 2.32 bits per heavy atom. The van der Waals surface area contributed by atoms with Gasteiger partial charge >= 0.3 is 6.18 Å². The number of hydrogen-bond donors (Lipinski definition) is 1. The van der Waals surface area contributed by atoms with E-state index in [9.17, 15) is 22.8 Å². The van der Waals surface area contributed by atoms with Crippen LogP contribution in [0.2, 0.25) is 0 Å². The molecule has 1 aromatic carbocycles. The zero-order valence-electron chi connectivity index (χ0n) is 15.1. The van der Waals surface area contributed by atoms with Crippen molar-refractivity contribution in [2.45, 2.75) is 19.0 Å². The van der Waals surface area contributed by atoms with E-state index < -0.39 is 17.6 Å². The van der Waals surface area contributed by atoms with Gasteiger partial charge in [0.2, 0.25) is 0 Å². The summed E-state index contributed by atoms with van der Waals surface area (Å²) in [5.41, 5.74) is -0.0385. The van der Waals surface area contributed by atoms with Gasteiger partial charge in [-0.3, -0.25) is 14.6 Å². The molecule has 0 unspecified atom stereocenters. The topological polar surface area (TPSA) is 62.3 Å². The molecule has 0 radical (unpaired) electrons. The summed E-state index contributed by atoms with van der Waals surface area (Å²) in [6, 6.07) is 7.60. The van der Waals surface area contributed by atoms with Gasteiger partial charge in [-0.1, -0.05) is 0 Å². The highest BCUT2D eigenvalue weighted by Gasteiger charge is 2.30. The minimum atomic E-state index is -4.42. The predicted molar refractivity (Wildman–Crippen MR) is 96.6 cm³/mol. The van der Waals surface area contributed by atoms with E-state index in [1.807, 2.05) is 0 Å². The Balaban J connectivity index is 1.46. The van der Waals surface area contributed by atoms with Crippen molar-refractivity contribution in [3.05, 3.63) is 65.5 Å². The zero-order chi connectivity index (χ0) is 20.1. The fourth-order valence-electron chi connectivity index (χ4n) is 3.16. The summed E-state index contributed by atoms with van der Waals surface area (Å²) < 4.78 is 37.7. The van der Waals surface area contributed by atoms with Gasteiger partial charge in [0, 0.05) is 37.6 Å². The molecule has 8 heteroatoms. The fraction of sp³-hybridized carbons (Fsp3) is 0.350. The van der Waals surface area contributed by atoms with Crippen LogP contribution in [-0.2, 0) is 6.18 Å². The molecule has 5 nitrogen and oxygen atoms in total. The maximum Gasteiger partial charge on any atom is 0.416 e. The van der Waals surface area contributed by atoms with Crippen LogP contribution < -0.4 is 5.32 Å². The number of amides is 2. The zero-order valence-corrected chi connectivity index (χ0v) is 15.1. The molecule has 0 saturated carbocycles. The summed E-state index contributed by atoms with van der Waals surface area (Å²) in [5, 5.41) is 2.77. The SMILES string of the molecule is O=C(NCC1CCN(C(=O)c2cccnc2)CC1)c1ccc(C(F)(F)F)cc1. The summed E-state index contributed by atoms with van der Waals surface area (Å²) >= 11 is 0. The molecule has 28 heavy (non-hydrogen) atoms. The van der Waals surface area contributed by atoms with Crippen LogP contribution in [-0.4, -0.2) is 41.3 Å². The summed E-state index contributed by atoms with van der Waals surface area (Å²) in [5.74, 6) is -0.237. The Morgan fingerprint density at radius 2 is 1.75 bits per heavy atom. The number of pyridine rings is 1. The second-order valence-electron chi connectivity index (χ2n) is 6.76. The van der Waals surface area contributed by atoms with Gasteiger partial charge in [-0.2, -0.15) is 13.2 Å². The molecule has 0 bridgehead atoms. The first-order chi connectivity index (χ1) is 13.3. The Labute approximate surface area is 160 Å². The number of nitrogens with one attached hydrogen (secondary N) is 1. The summed E-state index contributed by atoms with van der Waals surface area (Å²) in [6.07, 6.45) is 0.232. The summed E-state index contributed by atoms with van der Waals surface area (Å²) in [7, 11) is 0. The summed E-state index contributed by atoms with van der Waals surface area (Å²) in [6.45, 7) is 1.61. The predicted octanol–water partition coefficient (Wildman–Crippen LogP) is 3.38. The monoisotopic (exact) mass is 391 g/mol. The quantitative estimate of drug-likeness (QED) is 0.869. The molecule has 2 amide bonds. The molecule has 0 spiro atoms. The maximum atomic E-state index is 12.6. The molecule has 2 aromatic rings. The van der Waals surface area contributed by atoms with Crippen LogP contribution in [0.25, 0.3) is 0 Å². The van der Waals surface area contributed by atoms with E-state index in [1.54, 1.807) is 29.4 Å². The van der Waals surface area contributed by atoms with Gasteiger partial charge in [-0.15, -0.1) is 0 Å². The van der Waals surface area contributed by atoms with Crippen LogP contribution in [0.3, 0.4) is 0 Å². The number of rotatable bonds is 4. The number of alkyl halides is 3. The highest BCUT2D eigenvalue weighted by atomic mass is 19.4. The lowest BCUT2D eigenvalue weighted by molar-refractivity contribution is -0.137. The van der Waals surface area contributed by atoms with Gasteiger partial charge in [0.05, 0.1) is 11.1 Å². The lowest BCUT2D eigenvalue weighted by Crippen LogP contribution is -2.41. The van der Waals surface area contributed by atoms with E-state index in [2.05, 4.69) is 10.3 Å². The standard InChI is InChI=1S/C20H20F3N3O2/c21-20(22,23)17-5-3-15(4-6-17)18(27)25-12-14-7-10-26(11-8-14)19(28)16-2-1-9-24-13-16/h1-6,9,13-14H,7-8,10-12H2,(H,25,27). The minimum Gasteiger partial charge on any atom is -0.352 e. The van der Waals surface area contributed by atoms with Gasteiger partial charge in [0.1, 0.15) is 0 Å². The molecule has 1 N–H and O–H groups in total. The van der Waals surface area contributed by atoms with Gasteiger partial charge in [0.25, 0.3) is 11.8 Å². The van der Waals surface area contributed by atoms with Crippen molar-refractivity contribution in [3.63, 3.8) is 0 Å². The fourth-order valence-corrected chi connectivity index (χ4v) is 3.16. The second-order valence-corrected chi connectivity index (χ2v) is 6.76. The molecule has 0 aliphatic carbocycles. The molecule has 2 heterocycles. The average molecular weight is 391 g/mol. The van der Waals surface area contributed by atoms with Gasteiger partial charge in [-0.25, -0.2) is 0 Å². The molecular weight excluding hydrogens is 371 g/mol. The van der Waals surface area contributed by atoms with Crippen LogP contribution in [0, 0.1) is 5.92 Å². The van der Waals surface area contributed by atoms with Crippen molar-refractivity contribution in [1.82, 2.24) is 15.2 Å². The minimum absolute atomic E-state index is 0.0552. The number of piperidine rings is 1. The van der Waals surface area contributed by atoms with Crippen molar-refractivity contribution in [1.29, 1.82) is 0 Å². The smallest absolute Gasteiger partial charge is 0.352 e. The highest BCUT2D eigenvalue weighted by Crippen LogP contribution is 2.29. The average Bonchev–Trinajstić information content (AvgIpc) is 2.72. The number of hydrogen-bond acceptors (Lipinski definition) is 3. The molecule has 1 aliphatic heterocycles. The number of likely N-dealkylation sites (tertiary alicyclic amines) is 1. The van der Waals surface area contributed by atoms with Crippen molar-refractivity contribution in [2.75, 3.05) is 19.6 Å². The third-order valence-electron chi connectivity index (χ3n) is 4.84. The molecule has 148 valence electrons. The molecule has 1 aliphatic rings. The number of carbonyl (C=O) groups is 2. The number of carbonyl (C=O) groups excluding carboxylic acids is 2. The number of halogens is 3. The van der Waals surface area contributed by atoms with Gasteiger partial charge in [0.15, 0.2) is 0 Å². The van der Waals surface area contributed by atoms with E-state index in [0.717, 1.165) is 25.0 Å². The number of aromatic nitrogens is 1. The van der Waals surface area contributed by atoms with Crippen LogP contribution in [0.15, 0.2) is 48.8 Å². The number of nitrogens with zero attached hydrogens (tertiary/aromatic N) is 2. The van der Waals surface area contributed by atoms with Crippen LogP contribution in [0.1, 0.15) is 39.1 Å². The van der Waals surface area contributed by atoms with E-state index in [-0.39, 0.29) is 17.4 Å². The molecular formula is C20H20F3N3O2. The third kappa shape index (κ3) is 4.88. The first-order valence-corrected chi connectivity index (χ1v) is 8.99. The highest BCUT2D eigenvalue weighted by molar-refractivity contribution is 5.94. The third-order valence-corrected chi connectivity index (χ3v) is 4.84. The van der Waals surface area contributed by atoms with E-state index in [0.29, 0.717) is 25.2 Å². The van der Waals surface area contributed by atoms with Crippen LogP contribution in [0.5, 0.6) is 0 Å². The Kier molecular flexibility index (Phi) is 5.96. The van der Waals surface area contributed by atoms with Crippen molar-refractivity contribution in [3.8, 4) is 0 Å². The first-order valence-electron chi connectivity index (χ1n) is 8.99. The van der Waals surface area contributed by atoms with E-state index >= 15 is 0 Å². The Bertz CT molecular complexity index is 815. The van der Waals surface area contributed by atoms with Crippen LogP contribution >= 0.6 is 0 Å². The normalized spacial score (nSPS) is 15.3. The second kappa shape index (κ2) is 8.41. The molecule has 0 atom stereocenters. The Morgan fingerprint density at radius 1 is 1.07 bits per heavy atom. The van der Waals surface area contributed by atoms with Crippen LogP contribution in [0.4, 0.5) is 13.2 Å². The van der Waals surface area contributed by atoms with Gasteiger partial charge in [-0.05, 0) is 55.2 Å². The van der Waals surface area contributed by atoms with Gasteiger partial charge < -0.3 is 10.2 Å². The first kappa shape index (κ1) is 19.9. The largest absolute Gasteiger partial charge is 0.416 e. The molecule has 1 aromatic heterocycles. The maximum absolute atomic E-state index is 12.6. The van der Waals surface area contributed by atoms with E-state index in [4.69, 9.17) is 0 Å². The van der Waals surface area contributed by atoms with E-state index in [1.165, 1.54) is 12.1 Å². The molecule has 3 rings (SSSR count). The van der Waals surface area contributed by atoms with Crippen molar-refractivity contribution in [2.24, 2.45) is 5.92 Å². The number of benzene rings is 1. The molecule has 1 saturated heterocycles. The van der Waals surface area contributed by atoms with Crippen molar-refractivity contribution < 1.29 is 22.8 Å². The lowest BCUT2D eigenvalue weighted by Gasteiger charge is -2.32. The molecule has 1 fully saturated rings.